The van der Waals surface area contributed by atoms with Crippen LogP contribution in [0.1, 0.15) is 24.2 Å². The molecule has 2 amide bonds. The minimum Gasteiger partial charge on any atom is -0.481 e. The topological polar surface area (TPSA) is 87.8 Å². The Balaban J connectivity index is 1.80. The number of alkyl halides is 3. The predicted octanol–water partition coefficient (Wildman–Crippen LogP) is 4.87. The van der Waals surface area contributed by atoms with Gasteiger partial charge in [0.05, 0.1) is 10.5 Å². The molecule has 3 rings (SSSR count). The van der Waals surface area contributed by atoms with Crippen molar-refractivity contribution in [1.29, 1.82) is 0 Å². The van der Waals surface area contributed by atoms with E-state index in [1.165, 1.54) is 36.4 Å². The first-order valence-corrected chi connectivity index (χ1v) is 9.22. The fourth-order valence-electron chi connectivity index (χ4n) is 2.73. The van der Waals surface area contributed by atoms with Crippen molar-refractivity contribution in [3.05, 3.63) is 52.6 Å². The molecule has 1 aromatic heterocycles. The Morgan fingerprint density at radius 3 is 2.59 bits per heavy atom. The Kier molecular flexibility index (Phi) is 5.83. The van der Waals surface area contributed by atoms with Crippen molar-refractivity contribution in [1.82, 2.24) is 4.90 Å². The smallest absolute Gasteiger partial charge is 0.417 e. The summed E-state index contributed by atoms with van der Waals surface area (Å²) >= 11 is 0.659. The lowest BCUT2D eigenvalue weighted by Crippen LogP contribution is -2.29. The van der Waals surface area contributed by atoms with Crippen molar-refractivity contribution in [2.75, 3.05) is 6.54 Å². The Morgan fingerprint density at radius 2 is 1.90 bits per heavy atom. The second-order valence-electron chi connectivity index (χ2n) is 6.08. The average Bonchev–Trinajstić information content (AvgIpc) is 3.21. The summed E-state index contributed by atoms with van der Waals surface area (Å²) in [5, 5.41) is 8.10. The van der Waals surface area contributed by atoms with E-state index >= 15 is 0 Å². The summed E-state index contributed by atoms with van der Waals surface area (Å²) in [5.74, 6) is -1.54. The molecule has 6 nitrogen and oxygen atoms in total. The third-order valence-corrected chi connectivity index (χ3v) is 4.95. The molecule has 2 aromatic rings. The molecule has 1 N–H and O–H groups in total. The van der Waals surface area contributed by atoms with E-state index in [0.717, 1.165) is 11.0 Å². The molecule has 0 aliphatic carbocycles. The van der Waals surface area contributed by atoms with E-state index in [-0.39, 0.29) is 41.4 Å². The SMILES string of the molecule is O=C(O)CCCN1C(=O)S/C(=C/c2ccc(-c3ccccc3C(F)(F)F)o2)C1=O. The van der Waals surface area contributed by atoms with Gasteiger partial charge < -0.3 is 9.52 Å². The standard InChI is InChI=1S/C19H14F3NO5S/c20-19(21,22)13-5-2-1-4-12(13)14-8-7-11(28-14)10-15-17(26)23(18(27)29-15)9-3-6-16(24)25/h1-2,4-5,7-8,10H,3,6,9H2,(H,24,25)/b15-10+. The number of hydrogen-bond donors (Lipinski definition) is 1. The molecule has 1 aliphatic heterocycles. The summed E-state index contributed by atoms with van der Waals surface area (Å²) in [6.45, 7) is -0.0311. The van der Waals surface area contributed by atoms with Crippen molar-refractivity contribution in [3.63, 3.8) is 0 Å². The lowest BCUT2D eigenvalue weighted by atomic mass is 10.1. The van der Waals surface area contributed by atoms with Crippen LogP contribution in [0.25, 0.3) is 17.4 Å². The van der Waals surface area contributed by atoms with Crippen LogP contribution in [0.4, 0.5) is 18.0 Å². The monoisotopic (exact) mass is 425 g/mol. The molecule has 0 radical (unpaired) electrons. The van der Waals surface area contributed by atoms with Gasteiger partial charge in [0, 0.05) is 24.6 Å². The number of carboxylic acid groups (broad SMARTS) is 1. The van der Waals surface area contributed by atoms with Crippen molar-refractivity contribution in [2.24, 2.45) is 0 Å². The third kappa shape index (κ3) is 4.70. The van der Waals surface area contributed by atoms with Crippen molar-refractivity contribution in [2.45, 2.75) is 19.0 Å². The zero-order valence-corrected chi connectivity index (χ0v) is 15.5. The Hall–Kier alpha value is -3.01. The largest absolute Gasteiger partial charge is 0.481 e. The quantitative estimate of drug-likeness (QED) is 0.665. The van der Waals surface area contributed by atoms with Crippen LogP contribution in [0.5, 0.6) is 0 Å². The molecule has 1 saturated heterocycles. The van der Waals surface area contributed by atoms with Gasteiger partial charge in [-0.3, -0.25) is 19.3 Å². The maximum Gasteiger partial charge on any atom is 0.417 e. The van der Waals surface area contributed by atoms with Gasteiger partial charge in [0.1, 0.15) is 11.5 Å². The molecule has 0 bridgehead atoms. The van der Waals surface area contributed by atoms with Gasteiger partial charge >= 0.3 is 12.1 Å². The number of amides is 2. The Labute approximate surface area is 167 Å². The number of halogens is 3. The van der Waals surface area contributed by atoms with Gasteiger partial charge in [-0.25, -0.2) is 0 Å². The zero-order chi connectivity index (χ0) is 21.2. The number of imide groups is 1. The number of carboxylic acids is 1. The number of aliphatic carboxylic acids is 1. The summed E-state index contributed by atoms with van der Waals surface area (Å²) in [6, 6.07) is 7.71. The summed E-state index contributed by atoms with van der Waals surface area (Å²) in [4.78, 5) is 35.8. The minimum absolute atomic E-state index is 0.0233. The molecule has 0 saturated carbocycles. The molecule has 2 heterocycles. The van der Waals surface area contributed by atoms with Crippen LogP contribution in [0.2, 0.25) is 0 Å². The second-order valence-corrected chi connectivity index (χ2v) is 7.07. The average molecular weight is 425 g/mol. The number of benzene rings is 1. The van der Waals surface area contributed by atoms with Gasteiger partial charge in [0.2, 0.25) is 0 Å². The number of carbonyl (C=O) groups is 3. The fourth-order valence-corrected chi connectivity index (χ4v) is 3.58. The summed E-state index contributed by atoms with van der Waals surface area (Å²) in [5.41, 5.74) is -0.985. The predicted molar refractivity (Wildman–Crippen MR) is 98.7 cm³/mol. The maximum absolute atomic E-state index is 13.2. The van der Waals surface area contributed by atoms with Crippen LogP contribution in [0.15, 0.2) is 45.7 Å². The van der Waals surface area contributed by atoms with Crippen LogP contribution in [0, 0.1) is 0 Å². The van der Waals surface area contributed by atoms with E-state index in [1.54, 1.807) is 0 Å². The first kappa shape index (κ1) is 20.7. The van der Waals surface area contributed by atoms with E-state index in [0.29, 0.717) is 11.8 Å². The van der Waals surface area contributed by atoms with Crippen molar-refractivity contribution < 1.29 is 37.1 Å². The zero-order valence-electron chi connectivity index (χ0n) is 14.7. The molecular formula is C19H14F3NO5S. The van der Waals surface area contributed by atoms with Gasteiger partial charge in [-0.2, -0.15) is 13.2 Å². The van der Waals surface area contributed by atoms with E-state index in [1.807, 2.05) is 0 Å². The summed E-state index contributed by atoms with van der Waals surface area (Å²) in [7, 11) is 0. The van der Waals surface area contributed by atoms with E-state index in [9.17, 15) is 27.6 Å². The number of furan rings is 1. The summed E-state index contributed by atoms with van der Waals surface area (Å²) < 4.78 is 45.0. The lowest BCUT2D eigenvalue weighted by Gasteiger charge is -2.10. The molecule has 1 fully saturated rings. The highest BCUT2D eigenvalue weighted by atomic mass is 32.2. The summed E-state index contributed by atoms with van der Waals surface area (Å²) in [6.07, 6.45) is -3.33. The number of nitrogens with zero attached hydrogens (tertiary/aromatic N) is 1. The molecule has 0 unspecified atom stereocenters. The van der Waals surface area contributed by atoms with E-state index in [2.05, 4.69) is 0 Å². The number of hydrogen-bond acceptors (Lipinski definition) is 5. The molecule has 1 aromatic carbocycles. The molecule has 152 valence electrons. The highest BCUT2D eigenvalue weighted by Crippen LogP contribution is 2.38. The molecule has 0 spiro atoms. The van der Waals surface area contributed by atoms with Crippen molar-refractivity contribution >= 4 is 35.0 Å². The van der Waals surface area contributed by atoms with Gasteiger partial charge in [-0.15, -0.1) is 0 Å². The van der Waals surface area contributed by atoms with Crippen LogP contribution in [0.3, 0.4) is 0 Å². The fraction of sp³-hybridized carbons (Fsp3) is 0.211. The van der Waals surface area contributed by atoms with Gasteiger partial charge in [-0.1, -0.05) is 18.2 Å². The third-order valence-electron chi connectivity index (χ3n) is 4.04. The van der Waals surface area contributed by atoms with Crippen LogP contribution in [-0.4, -0.2) is 33.7 Å². The van der Waals surface area contributed by atoms with Crippen LogP contribution < -0.4 is 0 Å². The van der Waals surface area contributed by atoms with E-state index < -0.39 is 28.9 Å². The van der Waals surface area contributed by atoms with Gasteiger partial charge in [-0.05, 0) is 36.4 Å². The normalized spacial score (nSPS) is 16.1. The molecule has 10 heteroatoms. The molecule has 0 atom stereocenters. The van der Waals surface area contributed by atoms with Crippen LogP contribution >= 0.6 is 11.8 Å². The highest BCUT2D eigenvalue weighted by molar-refractivity contribution is 8.18. The molecule has 29 heavy (non-hydrogen) atoms. The molecular weight excluding hydrogens is 411 g/mol. The number of rotatable bonds is 6. The second kappa shape index (κ2) is 8.16. The first-order chi connectivity index (χ1) is 13.7. The Morgan fingerprint density at radius 1 is 1.17 bits per heavy atom. The van der Waals surface area contributed by atoms with Gasteiger partial charge in [0.25, 0.3) is 11.1 Å². The van der Waals surface area contributed by atoms with Crippen molar-refractivity contribution in [3.8, 4) is 11.3 Å². The first-order valence-electron chi connectivity index (χ1n) is 8.40. The molecule has 1 aliphatic rings. The maximum atomic E-state index is 13.2. The number of thioether (sulfide) groups is 1. The van der Waals surface area contributed by atoms with Gasteiger partial charge in [0.15, 0.2) is 0 Å². The van der Waals surface area contributed by atoms with E-state index in [4.69, 9.17) is 9.52 Å². The lowest BCUT2D eigenvalue weighted by molar-refractivity contribution is -0.138. The highest BCUT2D eigenvalue weighted by Gasteiger charge is 2.36. The minimum atomic E-state index is -4.55. The van der Waals surface area contributed by atoms with Crippen LogP contribution in [-0.2, 0) is 15.8 Å². The number of carbonyl (C=O) groups excluding carboxylic acids is 2. The Bertz CT molecular complexity index is 996.